The van der Waals surface area contributed by atoms with Crippen molar-refractivity contribution in [3.8, 4) is 0 Å². The number of carbonyl (C=O) groups is 1. The minimum atomic E-state index is -0.0418. The van der Waals surface area contributed by atoms with Crippen molar-refractivity contribution in [1.82, 2.24) is 20.3 Å². The summed E-state index contributed by atoms with van der Waals surface area (Å²) in [5, 5.41) is 9.97. The number of nitrogens with zero attached hydrogens (tertiary/aromatic N) is 3. The Kier molecular flexibility index (Phi) is 4.69. The van der Waals surface area contributed by atoms with E-state index in [0.29, 0.717) is 11.8 Å². The molecule has 0 bridgehead atoms. The van der Waals surface area contributed by atoms with Gasteiger partial charge in [0.25, 0.3) is 5.91 Å². The van der Waals surface area contributed by atoms with E-state index in [1.54, 1.807) is 0 Å². The van der Waals surface area contributed by atoms with Crippen molar-refractivity contribution in [3.63, 3.8) is 0 Å². The summed E-state index contributed by atoms with van der Waals surface area (Å²) in [7, 11) is 0. The molecule has 0 aliphatic carbocycles. The van der Waals surface area contributed by atoms with Crippen LogP contribution in [0.3, 0.4) is 0 Å². The highest BCUT2D eigenvalue weighted by atomic mass is 16.5. The van der Waals surface area contributed by atoms with Gasteiger partial charge in [0.15, 0.2) is 5.69 Å². The van der Waals surface area contributed by atoms with Gasteiger partial charge >= 0.3 is 0 Å². The van der Waals surface area contributed by atoms with Crippen molar-refractivity contribution in [2.45, 2.75) is 38.7 Å². The Morgan fingerprint density at radius 3 is 3.17 bits per heavy atom. The Balaban J connectivity index is 1.87. The molecular formula is C12H20N4O2. The number of likely N-dealkylation sites (tertiary alicyclic amines) is 1. The van der Waals surface area contributed by atoms with Crippen molar-refractivity contribution < 1.29 is 9.53 Å². The van der Waals surface area contributed by atoms with E-state index in [0.717, 1.165) is 45.4 Å². The molecule has 1 unspecified atom stereocenters. The topological polar surface area (TPSA) is 71.1 Å². The molecular weight excluding hydrogens is 232 g/mol. The second-order valence-corrected chi connectivity index (χ2v) is 4.57. The van der Waals surface area contributed by atoms with Crippen molar-refractivity contribution in [2.75, 3.05) is 19.7 Å². The first-order chi connectivity index (χ1) is 8.81. The molecule has 1 fully saturated rings. The summed E-state index contributed by atoms with van der Waals surface area (Å²) < 4.78 is 5.76. The lowest BCUT2D eigenvalue weighted by molar-refractivity contribution is 0.0432. The van der Waals surface area contributed by atoms with E-state index in [-0.39, 0.29) is 5.91 Å². The highest BCUT2D eigenvalue weighted by Gasteiger charge is 2.23. The van der Waals surface area contributed by atoms with Gasteiger partial charge in [-0.3, -0.25) is 4.79 Å². The summed E-state index contributed by atoms with van der Waals surface area (Å²) in [4.78, 5) is 13.9. The molecule has 2 heterocycles. The average molecular weight is 252 g/mol. The van der Waals surface area contributed by atoms with Crippen molar-refractivity contribution in [2.24, 2.45) is 0 Å². The van der Waals surface area contributed by atoms with Crippen LogP contribution in [0.25, 0.3) is 0 Å². The van der Waals surface area contributed by atoms with Crippen LogP contribution in [0.1, 0.15) is 43.1 Å². The highest BCUT2D eigenvalue weighted by Crippen LogP contribution is 2.15. The number of ether oxygens (including phenoxy) is 1. The van der Waals surface area contributed by atoms with Crippen LogP contribution in [0.2, 0.25) is 0 Å². The maximum Gasteiger partial charge on any atom is 0.276 e. The lowest BCUT2D eigenvalue weighted by Gasteiger charge is -2.19. The van der Waals surface area contributed by atoms with Gasteiger partial charge < -0.3 is 9.64 Å². The van der Waals surface area contributed by atoms with Crippen LogP contribution in [-0.2, 0) is 4.74 Å². The molecule has 1 saturated heterocycles. The van der Waals surface area contributed by atoms with E-state index >= 15 is 0 Å². The number of carbonyl (C=O) groups excluding carboxylic acids is 1. The molecule has 100 valence electrons. The van der Waals surface area contributed by atoms with Crippen LogP contribution in [0.4, 0.5) is 0 Å². The van der Waals surface area contributed by atoms with Crippen LogP contribution in [0.15, 0.2) is 6.20 Å². The Bertz CT molecular complexity index is 366. The van der Waals surface area contributed by atoms with Gasteiger partial charge in [0.05, 0.1) is 12.3 Å². The van der Waals surface area contributed by atoms with Crippen molar-refractivity contribution >= 4 is 5.91 Å². The monoisotopic (exact) mass is 252 g/mol. The molecule has 18 heavy (non-hydrogen) atoms. The minimum Gasteiger partial charge on any atom is -0.378 e. The molecule has 6 heteroatoms. The molecule has 1 aliphatic rings. The lowest BCUT2D eigenvalue weighted by atomic mass is 10.2. The van der Waals surface area contributed by atoms with E-state index in [2.05, 4.69) is 22.3 Å². The predicted octanol–water partition coefficient (Wildman–Crippen LogP) is 1.23. The first-order valence-electron chi connectivity index (χ1n) is 6.58. The normalized spacial score (nSPS) is 20.7. The van der Waals surface area contributed by atoms with Gasteiger partial charge in [-0.2, -0.15) is 15.4 Å². The van der Waals surface area contributed by atoms with Gasteiger partial charge in [0, 0.05) is 19.7 Å². The van der Waals surface area contributed by atoms with E-state index in [9.17, 15) is 4.79 Å². The maximum atomic E-state index is 12.1. The molecule has 6 nitrogen and oxygen atoms in total. The quantitative estimate of drug-likeness (QED) is 0.874. The van der Waals surface area contributed by atoms with Crippen LogP contribution in [0, 0.1) is 0 Å². The van der Waals surface area contributed by atoms with Crippen LogP contribution < -0.4 is 0 Å². The second kappa shape index (κ2) is 6.49. The number of amides is 1. The summed E-state index contributed by atoms with van der Waals surface area (Å²) in [5.41, 5.74) is 0.392. The fourth-order valence-corrected chi connectivity index (χ4v) is 2.19. The van der Waals surface area contributed by atoms with E-state index in [4.69, 9.17) is 4.74 Å². The number of hydrogen-bond acceptors (Lipinski definition) is 4. The third-order valence-electron chi connectivity index (χ3n) is 3.15. The summed E-state index contributed by atoms with van der Waals surface area (Å²) >= 11 is 0. The van der Waals surface area contributed by atoms with Gasteiger partial charge in [-0.05, 0) is 25.7 Å². The van der Waals surface area contributed by atoms with Gasteiger partial charge in [-0.1, -0.05) is 6.92 Å². The van der Waals surface area contributed by atoms with Crippen molar-refractivity contribution in [1.29, 1.82) is 0 Å². The number of rotatable bonds is 4. The fourth-order valence-electron chi connectivity index (χ4n) is 2.19. The van der Waals surface area contributed by atoms with Gasteiger partial charge in [0.2, 0.25) is 0 Å². The summed E-state index contributed by atoms with van der Waals surface area (Å²) in [6.07, 6.45) is 5.72. The molecule has 2 rings (SSSR count). The van der Waals surface area contributed by atoms with E-state index in [1.165, 1.54) is 6.20 Å². The zero-order valence-electron chi connectivity index (χ0n) is 10.8. The summed E-state index contributed by atoms with van der Waals surface area (Å²) in [5.74, 6) is -0.0418. The van der Waals surface area contributed by atoms with E-state index in [1.807, 2.05) is 4.90 Å². The average Bonchev–Trinajstić information content (AvgIpc) is 2.82. The maximum absolute atomic E-state index is 12.1. The standard InChI is InChI=1S/C12H20N4O2/c1-2-8-18-10-4-3-6-16(7-5-10)12(17)11-9-13-15-14-11/h9-10H,2-8H2,1H3,(H,13,14,15). The number of hydrogen-bond donors (Lipinski definition) is 1. The summed E-state index contributed by atoms with van der Waals surface area (Å²) in [6.45, 7) is 4.43. The van der Waals surface area contributed by atoms with Gasteiger partial charge in [-0.25, -0.2) is 0 Å². The molecule has 0 spiro atoms. The van der Waals surface area contributed by atoms with Crippen molar-refractivity contribution in [3.05, 3.63) is 11.9 Å². The molecule has 1 aliphatic heterocycles. The highest BCUT2D eigenvalue weighted by molar-refractivity contribution is 5.91. The van der Waals surface area contributed by atoms with E-state index < -0.39 is 0 Å². The van der Waals surface area contributed by atoms with Gasteiger partial charge in [0.1, 0.15) is 0 Å². The SMILES string of the molecule is CCCOC1CCCN(C(=O)c2cn[nH]n2)CC1. The lowest BCUT2D eigenvalue weighted by Crippen LogP contribution is -2.32. The Labute approximate surface area is 107 Å². The smallest absolute Gasteiger partial charge is 0.276 e. The predicted molar refractivity (Wildman–Crippen MR) is 66.2 cm³/mol. The zero-order chi connectivity index (χ0) is 12.8. The third-order valence-corrected chi connectivity index (χ3v) is 3.15. The molecule has 0 radical (unpaired) electrons. The number of aromatic nitrogens is 3. The molecule has 1 amide bonds. The molecule has 0 saturated carbocycles. The van der Waals surface area contributed by atoms with Crippen LogP contribution in [-0.4, -0.2) is 52.0 Å². The number of aromatic amines is 1. The zero-order valence-corrected chi connectivity index (χ0v) is 10.8. The Morgan fingerprint density at radius 2 is 2.44 bits per heavy atom. The molecule has 1 N–H and O–H groups in total. The Morgan fingerprint density at radius 1 is 1.56 bits per heavy atom. The minimum absolute atomic E-state index is 0.0418. The first-order valence-corrected chi connectivity index (χ1v) is 6.58. The first kappa shape index (κ1) is 13.0. The number of nitrogens with one attached hydrogen (secondary N) is 1. The second-order valence-electron chi connectivity index (χ2n) is 4.57. The molecule has 1 aromatic rings. The third kappa shape index (κ3) is 3.29. The van der Waals surface area contributed by atoms with Crippen LogP contribution >= 0.6 is 0 Å². The Hall–Kier alpha value is -1.43. The largest absolute Gasteiger partial charge is 0.378 e. The molecule has 0 aromatic carbocycles. The molecule has 1 aromatic heterocycles. The fraction of sp³-hybridized carbons (Fsp3) is 0.750. The molecule has 1 atom stereocenters. The van der Waals surface area contributed by atoms with Crippen LogP contribution in [0.5, 0.6) is 0 Å². The number of H-pyrrole nitrogens is 1. The van der Waals surface area contributed by atoms with Gasteiger partial charge in [-0.15, -0.1) is 0 Å². The summed E-state index contributed by atoms with van der Waals surface area (Å²) in [6, 6.07) is 0.